The zero-order valence-electron chi connectivity index (χ0n) is 14.3. The third kappa shape index (κ3) is 6.04. The summed E-state index contributed by atoms with van der Waals surface area (Å²) < 4.78 is 25.5. The number of carbonyl (C=O) groups excluding carboxylic acids is 1. The minimum Gasteiger partial charge on any atom is -0.289 e. The van der Waals surface area contributed by atoms with E-state index in [-0.39, 0.29) is 11.5 Å². The summed E-state index contributed by atoms with van der Waals surface area (Å²) in [4.78, 5) is 12.2. The molecular weight excluding hydrogens is 334 g/mol. The van der Waals surface area contributed by atoms with E-state index in [4.69, 9.17) is 0 Å². The fourth-order valence-corrected chi connectivity index (χ4v) is 2.76. The summed E-state index contributed by atoms with van der Waals surface area (Å²) in [6.07, 6.45) is 5.27. The average molecular weight is 355 g/mol. The molecule has 0 heterocycles. The van der Waals surface area contributed by atoms with Gasteiger partial charge in [0.1, 0.15) is 0 Å². The molecule has 0 saturated heterocycles. The van der Waals surface area contributed by atoms with E-state index in [2.05, 4.69) is 4.72 Å². The first kappa shape index (κ1) is 18.7. The summed E-state index contributed by atoms with van der Waals surface area (Å²) in [6.45, 7) is 3.50. The molecule has 0 aliphatic carbocycles. The van der Waals surface area contributed by atoms with Gasteiger partial charge in [-0.15, -0.1) is 0 Å². The van der Waals surface area contributed by atoms with Crippen LogP contribution in [0.15, 0.2) is 72.3 Å². The maximum Gasteiger partial charge on any atom is 0.232 e. The Balaban J connectivity index is 2.04. The zero-order chi connectivity index (χ0) is 18.3. The Morgan fingerprint density at radius 3 is 2.24 bits per heavy atom. The predicted octanol–water partition coefficient (Wildman–Crippen LogP) is 4.29. The second-order valence-electron chi connectivity index (χ2n) is 5.58. The third-order valence-electron chi connectivity index (χ3n) is 3.51. The standard InChI is InChI=1S/C20H21NO3S/c1-3-25(23,24)21-19-12-10-18(11-13-19)20(22)14-9-16(2)15-17-7-5-4-6-8-17/h4-15,21H,3H2,1-2H3/b14-9+,16-15+. The second kappa shape index (κ2) is 8.44. The van der Waals surface area contributed by atoms with E-state index >= 15 is 0 Å². The van der Waals surface area contributed by atoms with Crippen LogP contribution in [0.2, 0.25) is 0 Å². The van der Waals surface area contributed by atoms with Crippen LogP contribution in [0.4, 0.5) is 5.69 Å². The summed E-state index contributed by atoms with van der Waals surface area (Å²) in [7, 11) is -3.31. The van der Waals surface area contributed by atoms with Gasteiger partial charge in [0, 0.05) is 11.3 Å². The van der Waals surface area contributed by atoms with Crippen molar-refractivity contribution in [3.05, 3.63) is 83.4 Å². The van der Waals surface area contributed by atoms with Gasteiger partial charge in [-0.05, 0) is 49.8 Å². The van der Waals surface area contributed by atoms with E-state index in [9.17, 15) is 13.2 Å². The van der Waals surface area contributed by atoms with Crippen molar-refractivity contribution >= 4 is 27.6 Å². The molecule has 130 valence electrons. The van der Waals surface area contributed by atoms with Crippen LogP contribution < -0.4 is 4.72 Å². The van der Waals surface area contributed by atoms with Gasteiger partial charge in [0.25, 0.3) is 0 Å². The van der Waals surface area contributed by atoms with Crippen molar-refractivity contribution in [2.75, 3.05) is 10.5 Å². The molecular formula is C20H21NO3S. The van der Waals surface area contributed by atoms with E-state index in [0.29, 0.717) is 11.3 Å². The number of benzene rings is 2. The van der Waals surface area contributed by atoms with Gasteiger partial charge in [0.2, 0.25) is 10.0 Å². The zero-order valence-corrected chi connectivity index (χ0v) is 15.1. The third-order valence-corrected chi connectivity index (χ3v) is 4.82. The largest absolute Gasteiger partial charge is 0.289 e. The van der Waals surface area contributed by atoms with Crippen molar-refractivity contribution < 1.29 is 13.2 Å². The predicted molar refractivity (Wildman–Crippen MR) is 103 cm³/mol. The molecule has 4 nitrogen and oxygen atoms in total. The lowest BCUT2D eigenvalue weighted by Gasteiger charge is -2.06. The molecule has 0 atom stereocenters. The summed E-state index contributed by atoms with van der Waals surface area (Å²) in [5, 5.41) is 0. The number of sulfonamides is 1. The molecule has 2 rings (SSSR count). The summed E-state index contributed by atoms with van der Waals surface area (Å²) in [5.74, 6) is -0.130. The van der Waals surface area contributed by atoms with Gasteiger partial charge in [-0.3, -0.25) is 9.52 Å². The first-order valence-electron chi connectivity index (χ1n) is 7.96. The SMILES string of the molecule is CCS(=O)(=O)Nc1ccc(C(=O)/C=C/C(C)=C/c2ccccc2)cc1. The van der Waals surface area contributed by atoms with Gasteiger partial charge in [-0.1, -0.05) is 48.1 Å². The van der Waals surface area contributed by atoms with Crippen LogP contribution in [-0.4, -0.2) is 20.0 Å². The van der Waals surface area contributed by atoms with Gasteiger partial charge < -0.3 is 0 Å². The molecule has 0 saturated carbocycles. The number of hydrogen-bond donors (Lipinski definition) is 1. The molecule has 0 fully saturated rings. The molecule has 2 aromatic rings. The van der Waals surface area contributed by atoms with E-state index in [1.54, 1.807) is 37.3 Å². The Morgan fingerprint density at radius 2 is 1.64 bits per heavy atom. The van der Waals surface area contributed by atoms with Crippen molar-refractivity contribution in [3.63, 3.8) is 0 Å². The normalized spacial score (nSPS) is 12.3. The topological polar surface area (TPSA) is 63.2 Å². The van der Waals surface area contributed by atoms with Gasteiger partial charge >= 0.3 is 0 Å². The smallest absolute Gasteiger partial charge is 0.232 e. The van der Waals surface area contributed by atoms with E-state index in [0.717, 1.165) is 11.1 Å². The molecule has 0 unspecified atom stereocenters. The lowest BCUT2D eigenvalue weighted by atomic mass is 10.1. The van der Waals surface area contributed by atoms with E-state index in [1.807, 2.05) is 43.3 Å². The number of ketones is 1. The summed E-state index contributed by atoms with van der Waals surface area (Å²) in [6, 6.07) is 16.3. The lowest BCUT2D eigenvalue weighted by molar-refractivity contribution is 0.104. The molecule has 0 spiro atoms. The summed E-state index contributed by atoms with van der Waals surface area (Å²) >= 11 is 0. The average Bonchev–Trinajstić information content (AvgIpc) is 2.61. The minimum atomic E-state index is -3.31. The highest BCUT2D eigenvalue weighted by Crippen LogP contribution is 2.13. The molecule has 5 heteroatoms. The molecule has 1 N–H and O–H groups in total. The number of anilines is 1. The number of carbonyl (C=O) groups is 1. The molecule has 0 aliphatic rings. The molecule has 2 aromatic carbocycles. The van der Waals surface area contributed by atoms with Crippen molar-refractivity contribution in [1.29, 1.82) is 0 Å². The number of allylic oxidation sites excluding steroid dienone is 3. The van der Waals surface area contributed by atoms with Crippen molar-refractivity contribution in [1.82, 2.24) is 0 Å². The number of hydrogen-bond acceptors (Lipinski definition) is 3. The molecule has 0 aromatic heterocycles. The van der Waals surface area contributed by atoms with E-state index in [1.165, 1.54) is 6.08 Å². The van der Waals surface area contributed by atoms with Crippen LogP contribution in [0.25, 0.3) is 6.08 Å². The fourth-order valence-electron chi connectivity index (χ4n) is 2.12. The number of rotatable bonds is 7. The maximum absolute atomic E-state index is 12.2. The van der Waals surface area contributed by atoms with Gasteiger partial charge in [0.15, 0.2) is 5.78 Å². The Bertz CT molecular complexity index is 880. The van der Waals surface area contributed by atoms with Crippen LogP contribution in [0.3, 0.4) is 0 Å². The lowest BCUT2D eigenvalue weighted by Crippen LogP contribution is -2.14. The Labute approximate surface area is 149 Å². The van der Waals surface area contributed by atoms with Crippen LogP contribution >= 0.6 is 0 Å². The quantitative estimate of drug-likeness (QED) is 0.458. The Morgan fingerprint density at radius 1 is 1.00 bits per heavy atom. The second-order valence-corrected chi connectivity index (χ2v) is 7.59. The van der Waals surface area contributed by atoms with Crippen molar-refractivity contribution in [2.24, 2.45) is 0 Å². The minimum absolute atomic E-state index is 0.00342. The highest BCUT2D eigenvalue weighted by atomic mass is 32.2. The molecule has 25 heavy (non-hydrogen) atoms. The number of nitrogens with one attached hydrogen (secondary N) is 1. The summed E-state index contributed by atoms with van der Waals surface area (Å²) in [5.41, 5.74) is 2.99. The van der Waals surface area contributed by atoms with Gasteiger partial charge in [-0.2, -0.15) is 0 Å². The first-order chi connectivity index (χ1) is 11.9. The van der Waals surface area contributed by atoms with Crippen molar-refractivity contribution in [3.8, 4) is 0 Å². The van der Waals surface area contributed by atoms with Gasteiger partial charge in [0.05, 0.1) is 5.75 Å². The Hall–Kier alpha value is -2.66. The van der Waals surface area contributed by atoms with Crippen LogP contribution in [0.5, 0.6) is 0 Å². The van der Waals surface area contributed by atoms with Crippen LogP contribution in [0, 0.1) is 0 Å². The Kier molecular flexibility index (Phi) is 6.31. The highest BCUT2D eigenvalue weighted by Gasteiger charge is 2.07. The molecule has 0 radical (unpaired) electrons. The van der Waals surface area contributed by atoms with E-state index < -0.39 is 10.0 Å². The monoisotopic (exact) mass is 355 g/mol. The van der Waals surface area contributed by atoms with Gasteiger partial charge in [-0.25, -0.2) is 8.42 Å². The molecule has 0 aliphatic heterocycles. The molecule has 0 amide bonds. The van der Waals surface area contributed by atoms with Crippen LogP contribution in [0.1, 0.15) is 29.8 Å². The fraction of sp³-hybridized carbons (Fsp3) is 0.150. The molecule has 0 bridgehead atoms. The maximum atomic E-state index is 12.2. The van der Waals surface area contributed by atoms with Crippen molar-refractivity contribution in [2.45, 2.75) is 13.8 Å². The first-order valence-corrected chi connectivity index (χ1v) is 9.61. The highest BCUT2D eigenvalue weighted by molar-refractivity contribution is 7.92. The van der Waals surface area contributed by atoms with Crippen LogP contribution in [-0.2, 0) is 10.0 Å².